The van der Waals surface area contributed by atoms with Gasteiger partial charge in [-0.1, -0.05) is 44.2 Å². The maximum Gasteiger partial charge on any atom is 0.228 e. The number of hydrogen-bond acceptors (Lipinski definition) is 2. The molecule has 0 saturated heterocycles. The number of aromatic nitrogens is 2. The molecule has 1 fully saturated rings. The van der Waals surface area contributed by atoms with Gasteiger partial charge in [0.2, 0.25) is 23.2 Å². The Kier molecular flexibility index (Phi) is 4.33. The van der Waals surface area contributed by atoms with Crippen molar-refractivity contribution in [3.05, 3.63) is 71.9 Å². The predicted octanol–water partition coefficient (Wildman–Crippen LogP) is 7.62. The summed E-state index contributed by atoms with van der Waals surface area (Å²) in [6.07, 6.45) is 6.03. The molecule has 1 aliphatic carbocycles. The largest absolute Gasteiger partial charge is 0.431 e. The summed E-state index contributed by atoms with van der Waals surface area (Å²) in [5.74, 6) is -0.523. The first-order chi connectivity index (χ1) is 16.2. The molecule has 0 N–H and O–H groups in total. The van der Waals surface area contributed by atoms with Gasteiger partial charge in [0, 0.05) is 29.2 Å². The zero-order chi connectivity index (χ0) is 23.7. The van der Waals surface area contributed by atoms with E-state index in [9.17, 15) is 0 Å². The molecule has 5 aromatic rings. The third-order valence-electron chi connectivity index (χ3n) is 7.55. The van der Waals surface area contributed by atoms with Crippen molar-refractivity contribution >= 4 is 33.0 Å². The van der Waals surface area contributed by atoms with Crippen molar-refractivity contribution in [1.82, 2.24) is 4.98 Å². The zero-order valence-corrected chi connectivity index (χ0v) is 19.9. The molecule has 0 aliphatic heterocycles. The van der Waals surface area contributed by atoms with Gasteiger partial charge in [-0.05, 0) is 73.2 Å². The molecule has 3 heteroatoms. The van der Waals surface area contributed by atoms with Crippen molar-refractivity contribution in [1.29, 1.82) is 0 Å². The van der Waals surface area contributed by atoms with E-state index in [1.165, 1.54) is 11.1 Å². The van der Waals surface area contributed by atoms with Gasteiger partial charge in [0.25, 0.3) is 0 Å². The van der Waals surface area contributed by atoms with Crippen molar-refractivity contribution < 1.29 is 10.4 Å². The number of furan rings is 1. The minimum absolute atomic E-state index is 0.341. The van der Waals surface area contributed by atoms with Crippen LogP contribution >= 0.6 is 0 Å². The Morgan fingerprint density at radius 2 is 1.82 bits per heavy atom. The number of rotatable bonds is 2. The van der Waals surface area contributed by atoms with E-state index in [0.717, 1.165) is 64.2 Å². The molecule has 0 amide bonds. The van der Waals surface area contributed by atoms with Crippen molar-refractivity contribution in [2.24, 2.45) is 12.5 Å². The summed E-state index contributed by atoms with van der Waals surface area (Å²) in [6, 6.07) is 19.3. The molecule has 6 rings (SSSR count). The van der Waals surface area contributed by atoms with Crippen LogP contribution in [0.25, 0.3) is 44.2 Å². The van der Waals surface area contributed by atoms with Crippen LogP contribution in [0.5, 0.6) is 0 Å². The van der Waals surface area contributed by atoms with Gasteiger partial charge in [-0.2, -0.15) is 4.57 Å². The first-order valence-electron chi connectivity index (χ1n) is 12.5. The highest BCUT2D eigenvalue weighted by Crippen LogP contribution is 2.43. The molecule has 0 radical (unpaired) electrons. The molecule has 1 saturated carbocycles. The van der Waals surface area contributed by atoms with Crippen molar-refractivity contribution in [3.8, 4) is 11.3 Å². The standard InChI is InChI=1S/C30H31N2O/c1-19-7-5-6-8-23(19)27-17-24-25-15-22-10-9-21(20-11-13-30(2,3)14-12-20)16-26(22)31-29(25)33-28(24)18-32(27)4/h5-10,15-18,20H,11-14H2,1-4H3/q+1/i20D. The average molecular weight is 437 g/mol. The highest BCUT2D eigenvalue weighted by molar-refractivity contribution is 6.07. The summed E-state index contributed by atoms with van der Waals surface area (Å²) in [4.78, 5) is 4.92. The SMILES string of the molecule is [2H]C1(c2ccc3cc4c(nc3c2)oc2c[n+](C)c(-c3ccccc3C)cc24)CCC(C)(C)CC1. The van der Waals surface area contributed by atoms with E-state index in [4.69, 9.17) is 10.8 Å². The highest BCUT2D eigenvalue weighted by atomic mass is 16.3. The van der Waals surface area contributed by atoms with Crippen LogP contribution < -0.4 is 4.57 Å². The van der Waals surface area contributed by atoms with Gasteiger partial charge in [0.05, 0.1) is 5.52 Å². The van der Waals surface area contributed by atoms with E-state index in [-0.39, 0.29) is 0 Å². The molecular formula is C30H31N2O+. The second-order valence-electron chi connectivity index (χ2n) is 10.5. The van der Waals surface area contributed by atoms with Crippen LogP contribution in [0.15, 0.2) is 65.2 Å². The fourth-order valence-electron chi connectivity index (χ4n) is 5.31. The second-order valence-corrected chi connectivity index (χ2v) is 10.5. The Morgan fingerprint density at radius 1 is 1.03 bits per heavy atom. The topological polar surface area (TPSA) is 29.9 Å². The lowest BCUT2D eigenvalue weighted by molar-refractivity contribution is -0.659. The molecule has 1 aliphatic rings. The van der Waals surface area contributed by atoms with Crippen LogP contribution in [-0.2, 0) is 7.05 Å². The Bertz CT molecular complexity index is 1570. The number of hydrogen-bond donors (Lipinski definition) is 0. The van der Waals surface area contributed by atoms with Crippen LogP contribution in [0.1, 0.15) is 57.9 Å². The first kappa shape index (κ1) is 19.3. The molecule has 166 valence electrons. The highest BCUT2D eigenvalue weighted by Gasteiger charge is 2.28. The molecular weight excluding hydrogens is 404 g/mol. The molecule has 3 aromatic heterocycles. The zero-order valence-electron chi connectivity index (χ0n) is 20.9. The van der Waals surface area contributed by atoms with E-state index < -0.39 is 5.89 Å². The van der Waals surface area contributed by atoms with Gasteiger partial charge in [-0.25, -0.2) is 4.98 Å². The van der Waals surface area contributed by atoms with Gasteiger partial charge >= 0.3 is 0 Å². The lowest BCUT2D eigenvalue weighted by atomic mass is 9.71. The molecule has 2 aromatic carbocycles. The third-order valence-corrected chi connectivity index (χ3v) is 7.55. The normalized spacial score (nSPS) is 18.1. The van der Waals surface area contributed by atoms with Crippen molar-refractivity contribution in [3.63, 3.8) is 0 Å². The van der Waals surface area contributed by atoms with Crippen LogP contribution in [0.2, 0.25) is 0 Å². The van der Waals surface area contributed by atoms with Crippen LogP contribution in [0.4, 0.5) is 0 Å². The van der Waals surface area contributed by atoms with Crippen molar-refractivity contribution in [2.75, 3.05) is 0 Å². The smallest absolute Gasteiger partial charge is 0.228 e. The quantitative estimate of drug-likeness (QED) is 0.266. The van der Waals surface area contributed by atoms with E-state index in [1.54, 1.807) is 0 Å². The fraction of sp³-hybridized carbons (Fsp3) is 0.333. The maximum absolute atomic E-state index is 9.16. The van der Waals surface area contributed by atoms with Crippen LogP contribution in [-0.4, -0.2) is 4.98 Å². The number of nitrogens with zero attached hydrogens (tertiary/aromatic N) is 2. The minimum atomic E-state index is -0.523. The van der Waals surface area contributed by atoms with Gasteiger partial charge in [-0.3, -0.25) is 0 Å². The lowest BCUT2D eigenvalue weighted by Gasteiger charge is -2.34. The first-order valence-corrected chi connectivity index (χ1v) is 12.0. The van der Waals surface area contributed by atoms with Crippen LogP contribution in [0, 0.1) is 12.3 Å². The molecule has 0 bridgehead atoms. The molecule has 3 heterocycles. The van der Waals surface area contributed by atoms with Gasteiger partial charge < -0.3 is 4.42 Å². The Morgan fingerprint density at radius 3 is 2.61 bits per heavy atom. The van der Waals surface area contributed by atoms with Gasteiger partial charge in [-0.15, -0.1) is 0 Å². The molecule has 33 heavy (non-hydrogen) atoms. The second kappa shape index (κ2) is 7.41. The summed E-state index contributed by atoms with van der Waals surface area (Å²) in [5, 5.41) is 3.20. The predicted molar refractivity (Wildman–Crippen MR) is 135 cm³/mol. The van der Waals surface area contributed by atoms with E-state index in [0.29, 0.717) is 11.1 Å². The van der Waals surface area contributed by atoms with E-state index in [1.807, 2.05) is 0 Å². The number of benzene rings is 2. The van der Waals surface area contributed by atoms with Gasteiger partial charge in [0.1, 0.15) is 7.05 Å². The average Bonchev–Trinajstić information content (AvgIpc) is 3.15. The number of aryl methyl sites for hydroxylation is 2. The maximum atomic E-state index is 9.16. The molecule has 0 atom stereocenters. The third kappa shape index (κ3) is 3.51. The summed E-state index contributed by atoms with van der Waals surface area (Å²) < 4.78 is 17.5. The summed E-state index contributed by atoms with van der Waals surface area (Å²) in [6.45, 7) is 6.78. The van der Waals surface area contributed by atoms with E-state index >= 15 is 0 Å². The Hall–Kier alpha value is -3.20. The van der Waals surface area contributed by atoms with E-state index in [2.05, 4.69) is 93.2 Å². The van der Waals surface area contributed by atoms with Crippen LogP contribution in [0.3, 0.4) is 0 Å². The summed E-state index contributed by atoms with van der Waals surface area (Å²) in [7, 11) is 2.06. The number of pyridine rings is 2. The lowest BCUT2D eigenvalue weighted by Crippen LogP contribution is -2.30. The fourth-order valence-corrected chi connectivity index (χ4v) is 5.31. The Labute approximate surface area is 196 Å². The van der Waals surface area contributed by atoms with Crippen molar-refractivity contribution in [2.45, 2.75) is 52.3 Å². The monoisotopic (exact) mass is 436 g/mol. The van der Waals surface area contributed by atoms with Gasteiger partial charge in [0.15, 0.2) is 0 Å². The Balaban J connectivity index is 1.48. The minimum Gasteiger partial charge on any atom is -0.431 e. The summed E-state index contributed by atoms with van der Waals surface area (Å²) >= 11 is 0. The number of fused-ring (bicyclic) bond motifs is 4. The summed E-state index contributed by atoms with van der Waals surface area (Å²) in [5.41, 5.74) is 7.44. The molecule has 0 unspecified atom stereocenters. The molecule has 3 nitrogen and oxygen atoms in total. The molecule has 0 spiro atoms.